The average Bonchev–Trinajstić information content (AvgIpc) is 2.69. The minimum atomic E-state index is -3.79. The lowest BCUT2D eigenvalue weighted by Crippen LogP contribution is -2.35. The van der Waals surface area contributed by atoms with Crippen LogP contribution in [0.1, 0.15) is 6.42 Å². The van der Waals surface area contributed by atoms with Crippen molar-refractivity contribution in [2.24, 2.45) is 7.05 Å². The van der Waals surface area contributed by atoms with Crippen LogP contribution in [-0.2, 0) is 21.8 Å². The fourth-order valence-electron chi connectivity index (χ4n) is 1.53. The minimum Gasteiger partial charge on any atom is -0.383 e. The van der Waals surface area contributed by atoms with Crippen LogP contribution in [0.15, 0.2) is 11.2 Å². The van der Waals surface area contributed by atoms with Crippen molar-refractivity contribution in [3.05, 3.63) is 11.2 Å². The molecule has 0 saturated carbocycles. The van der Waals surface area contributed by atoms with E-state index in [2.05, 4.69) is 5.10 Å². The maximum atomic E-state index is 12.5. The lowest BCUT2D eigenvalue weighted by Gasteiger charge is -2.20. The van der Waals surface area contributed by atoms with E-state index in [1.54, 1.807) is 0 Å². The third-order valence-electron chi connectivity index (χ3n) is 2.44. The molecule has 0 amide bonds. The summed E-state index contributed by atoms with van der Waals surface area (Å²) in [6, 6.07) is 1.92. The van der Waals surface area contributed by atoms with E-state index in [9.17, 15) is 8.42 Å². The molecule has 9 heteroatoms. The molecule has 1 aromatic rings. The first-order chi connectivity index (χ1) is 8.95. The first-order valence-electron chi connectivity index (χ1n) is 5.48. The number of ether oxygens (including phenoxy) is 1. The highest BCUT2D eigenvalue weighted by atomic mass is 35.5. The van der Waals surface area contributed by atoms with E-state index in [0.29, 0.717) is 0 Å². The van der Waals surface area contributed by atoms with Crippen molar-refractivity contribution in [2.45, 2.75) is 11.4 Å². The van der Waals surface area contributed by atoms with Crippen LogP contribution in [0.2, 0.25) is 5.02 Å². The van der Waals surface area contributed by atoms with Crippen LogP contribution in [0.3, 0.4) is 0 Å². The van der Waals surface area contributed by atoms with E-state index >= 15 is 0 Å². The second kappa shape index (κ2) is 6.86. The van der Waals surface area contributed by atoms with Gasteiger partial charge in [-0.15, -0.1) is 0 Å². The fourth-order valence-corrected chi connectivity index (χ4v) is 3.56. The van der Waals surface area contributed by atoms with Gasteiger partial charge < -0.3 is 4.74 Å². The molecule has 19 heavy (non-hydrogen) atoms. The van der Waals surface area contributed by atoms with Crippen molar-refractivity contribution in [3.63, 3.8) is 0 Å². The first-order valence-corrected chi connectivity index (χ1v) is 7.30. The number of nitrogens with zero attached hydrogens (tertiary/aromatic N) is 4. The molecule has 0 atom stereocenters. The van der Waals surface area contributed by atoms with Crippen LogP contribution < -0.4 is 0 Å². The van der Waals surface area contributed by atoms with Gasteiger partial charge in [0.2, 0.25) is 0 Å². The second-order valence-electron chi connectivity index (χ2n) is 3.73. The number of methoxy groups -OCH3 is 1. The van der Waals surface area contributed by atoms with Crippen LogP contribution in [0.5, 0.6) is 0 Å². The zero-order valence-electron chi connectivity index (χ0n) is 10.7. The van der Waals surface area contributed by atoms with Crippen LogP contribution in [0, 0.1) is 11.3 Å². The Bertz CT molecular complexity index is 544. The van der Waals surface area contributed by atoms with Gasteiger partial charge in [-0.25, -0.2) is 8.42 Å². The SMILES string of the molecule is COCCN(CCC#N)S(=O)(=O)c1c(Cl)cnn1C. The highest BCUT2D eigenvalue weighted by Gasteiger charge is 2.29. The first kappa shape index (κ1) is 15.9. The molecule has 0 unspecified atom stereocenters. The predicted octanol–water partition coefficient (Wildman–Crippen LogP) is 0.624. The summed E-state index contributed by atoms with van der Waals surface area (Å²) in [5.41, 5.74) is 0. The second-order valence-corrected chi connectivity index (χ2v) is 5.99. The molecular formula is C10H15ClN4O3S. The van der Waals surface area contributed by atoms with E-state index in [-0.39, 0.29) is 36.2 Å². The maximum absolute atomic E-state index is 12.5. The number of sulfonamides is 1. The van der Waals surface area contributed by atoms with Crippen LogP contribution in [0.25, 0.3) is 0 Å². The summed E-state index contributed by atoms with van der Waals surface area (Å²) in [5.74, 6) is 0. The predicted molar refractivity (Wildman–Crippen MR) is 69.1 cm³/mol. The Morgan fingerprint density at radius 3 is 2.74 bits per heavy atom. The van der Waals surface area contributed by atoms with Gasteiger partial charge in [-0.1, -0.05) is 11.6 Å². The van der Waals surface area contributed by atoms with Crippen LogP contribution in [0.4, 0.5) is 0 Å². The molecule has 0 N–H and O–H groups in total. The summed E-state index contributed by atoms with van der Waals surface area (Å²) in [6.07, 6.45) is 1.37. The number of aryl methyl sites for hydroxylation is 1. The number of nitriles is 1. The van der Waals surface area contributed by atoms with Gasteiger partial charge in [-0.3, -0.25) is 4.68 Å². The third-order valence-corrected chi connectivity index (χ3v) is 4.85. The zero-order valence-corrected chi connectivity index (χ0v) is 12.3. The van der Waals surface area contributed by atoms with Gasteiger partial charge >= 0.3 is 0 Å². The summed E-state index contributed by atoms with van der Waals surface area (Å²) >= 11 is 5.86. The van der Waals surface area contributed by atoms with Gasteiger partial charge in [0.15, 0.2) is 5.03 Å². The van der Waals surface area contributed by atoms with Gasteiger partial charge in [-0.05, 0) is 0 Å². The topological polar surface area (TPSA) is 88.2 Å². The molecule has 0 aliphatic rings. The molecule has 0 fully saturated rings. The number of halogens is 1. The van der Waals surface area contributed by atoms with Gasteiger partial charge in [-0.2, -0.15) is 14.7 Å². The van der Waals surface area contributed by atoms with Crippen molar-refractivity contribution < 1.29 is 13.2 Å². The van der Waals surface area contributed by atoms with Crippen molar-refractivity contribution in [1.82, 2.24) is 14.1 Å². The Balaban J connectivity index is 3.09. The molecular weight excluding hydrogens is 292 g/mol. The molecule has 1 rings (SSSR count). The van der Waals surface area contributed by atoms with E-state index in [4.69, 9.17) is 21.6 Å². The quantitative estimate of drug-likeness (QED) is 0.737. The Labute approximate surface area is 117 Å². The summed E-state index contributed by atoms with van der Waals surface area (Å²) in [5, 5.41) is 12.4. The van der Waals surface area contributed by atoms with Gasteiger partial charge in [0, 0.05) is 33.7 Å². The highest BCUT2D eigenvalue weighted by Crippen LogP contribution is 2.23. The highest BCUT2D eigenvalue weighted by molar-refractivity contribution is 7.89. The van der Waals surface area contributed by atoms with Crippen molar-refractivity contribution in [3.8, 4) is 6.07 Å². The lowest BCUT2D eigenvalue weighted by molar-refractivity contribution is 0.179. The van der Waals surface area contributed by atoms with Gasteiger partial charge in [0.05, 0.1) is 23.9 Å². The van der Waals surface area contributed by atoms with E-state index in [1.165, 1.54) is 29.3 Å². The van der Waals surface area contributed by atoms with E-state index in [1.807, 2.05) is 6.07 Å². The molecule has 0 radical (unpaired) electrons. The Kier molecular flexibility index (Phi) is 5.75. The lowest BCUT2D eigenvalue weighted by atomic mass is 10.4. The maximum Gasteiger partial charge on any atom is 0.261 e. The Morgan fingerprint density at radius 1 is 1.58 bits per heavy atom. The summed E-state index contributed by atoms with van der Waals surface area (Å²) in [4.78, 5) is 0. The Hall–Kier alpha value is -1.14. The standard InChI is InChI=1S/C10H15ClN4O3S/c1-14-10(9(11)8-13-14)19(16,17)15(5-3-4-12)6-7-18-2/h8H,3,5-7H2,1-2H3. The van der Waals surface area contributed by atoms with Crippen molar-refractivity contribution in [2.75, 3.05) is 26.8 Å². The third kappa shape index (κ3) is 3.67. The summed E-state index contributed by atoms with van der Waals surface area (Å²) < 4.78 is 32.2. The number of aromatic nitrogens is 2. The molecule has 7 nitrogen and oxygen atoms in total. The molecule has 1 aromatic heterocycles. The number of hydrogen-bond acceptors (Lipinski definition) is 5. The molecule has 0 spiro atoms. The molecule has 0 aliphatic heterocycles. The van der Waals surface area contributed by atoms with Gasteiger partial charge in [0.1, 0.15) is 0 Å². The van der Waals surface area contributed by atoms with E-state index in [0.717, 1.165) is 0 Å². The smallest absolute Gasteiger partial charge is 0.261 e. The molecule has 0 saturated heterocycles. The zero-order chi connectivity index (χ0) is 14.5. The van der Waals surface area contributed by atoms with Crippen LogP contribution in [-0.4, -0.2) is 49.3 Å². The molecule has 106 valence electrons. The largest absolute Gasteiger partial charge is 0.383 e. The molecule has 0 bridgehead atoms. The monoisotopic (exact) mass is 306 g/mol. The van der Waals surface area contributed by atoms with Crippen molar-refractivity contribution >= 4 is 21.6 Å². The fraction of sp³-hybridized carbons (Fsp3) is 0.600. The summed E-state index contributed by atoms with van der Waals surface area (Å²) in [7, 11) is -0.817. The average molecular weight is 307 g/mol. The van der Waals surface area contributed by atoms with Crippen molar-refractivity contribution in [1.29, 1.82) is 5.26 Å². The molecule has 0 aromatic carbocycles. The van der Waals surface area contributed by atoms with Crippen LogP contribution >= 0.6 is 11.6 Å². The number of rotatable bonds is 7. The molecule has 1 heterocycles. The van der Waals surface area contributed by atoms with Gasteiger partial charge in [0.25, 0.3) is 10.0 Å². The Morgan fingerprint density at radius 2 is 2.26 bits per heavy atom. The normalized spacial score (nSPS) is 11.7. The summed E-state index contributed by atoms with van der Waals surface area (Å²) in [6.45, 7) is 0.478. The van der Waals surface area contributed by atoms with E-state index < -0.39 is 10.0 Å². The minimum absolute atomic E-state index is 0.0573. The molecule has 0 aliphatic carbocycles. The number of hydrogen-bond donors (Lipinski definition) is 0.